The van der Waals surface area contributed by atoms with Gasteiger partial charge >= 0.3 is 0 Å². The van der Waals surface area contributed by atoms with Crippen molar-refractivity contribution in [2.45, 2.75) is 0 Å². The maximum absolute atomic E-state index is 12.2. The van der Waals surface area contributed by atoms with E-state index in [4.69, 9.17) is 16.9 Å². The van der Waals surface area contributed by atoms with E-state index in [1.54, 1.807) is 30.3 Å². The van der Waals surface area contributed by atoms with E-state index in [0.717, 1.165) is 11.1 Å². The van der Waals surface area contributed by atoms with Crippen LogP contribution in [0.2, 0.25) is 5.02 Å². The van der Waals surface area contributed by atoms with E-state index >= 15 is 0 Å². The van der Waals surface area contributed by atoms with Gasteiger partial charge in [0.25, 0.3) is 5.91 Å². The fraction of sp³-hybridized carbons (Fsp3) is 0. The Morgan fingerprint density at radius 3 is 2.12 bits per heavy atom. The monoisotopic (exact) mass is 348 g/mol. The molecule has 25 heavy (non-hydrogen) atoms. The van der Waals surface area contributed by atoms with E-state index in [1.165, 1.54) is 12.1 Å². The third-order valence-electron chi connectivity index (χ3n) is 3.69. The summed E-state index contributed by atoms with van der Waals surface area (Å²) in [6.45, 7) is 0. The van der Waals surface area contributed by atoms with Crippen LogP contribution < -0.4 is 5.32 Å². The Bertz CT molecular complexity index is 958. The van der Waals surface area contributed by atoms with Crippen molar-refractivity contribution in [1.29, 1.82) is 5.26 Å². The first-order chi connectivity index (χ1) is 12.1. The predicted molar refractivity (Wildman–Crippen MR) is 97.7 cm³/mol. The van der Waals surface area contributed by atoms with Gasteiger partial charge < -0.3 is 10.4 Å². The number of halogens is 1. The minimum Gasteiger partial charge on any atom is -0.507 e. The summed E-state index contributed by atoms with van der Waals surface area (Å²) in [6, 6.07) is 21.0. The Kier molecular flexibility index (Phi) is 4.69. The molecule has 3 rings (SSSR count). The molecular weight excluding hydrogens is 336 g/mol. The third-order valence-corrected chi connectivity index (χ3v) is 3.93. The zero-order valence-corrected chi connectivity index (χ0v) is 13.8. The standard InChI is InChI=1S/C20H13ClN2O2/c21-16-7-10-18(19(24)11-16)20(25)23-17-8-5-15(6-9-17)14-3-1-13(12-22)2-4-14/h1-11,24H,(H,23,25). The van der Waals surface area contributed by atoms with Gasteiger partial charge in [0.15, 0.2) is 0 Å². The molecule has 0 spiro atoms. The highest BCUT2D eigenvalue weighted by Crippen LogP contribution is 2.25. The van der Waals surface area contributed by atoms with Gasteiger partial charge in [-0.25, -0.2) is 0 Å². The second kappa shape index (κ2) is 7.08. The van der Waals surface area contributed by atoms with Crippen LogP contribution in [-0.2, 0) is 0 Å². The first-order valence-electron chi connectivity index (χ1n) is 7.47. The summed E-state index contributed by atoms with van der Waals surface area (Å²) in [7, 11) is 0. The Morgan fingerprint density at radius 1 is 0.960 bits per heavy atom. The van der Waals surface area contributed by atoms with Crippen molar-refractivity contribution in [2.24, 2.45) is 0 Å². The molecule has 5 heteroatoms. The Labute approximate surface area is 149 Å². The second-order valence-electron chi connectivity index (χ2n) is 5.38. The SMILES string of the molecule is N#Cc1ccc(-c2ccc(NC(=O)c3ccc(Cl)cc3O)cc2)cc1. The van der Waals surface area contributed by atoms with Gasteiger partial charge in [-0.05, 0) is 53.6 Å². The van der Waals surface area contributed by atoms with Crippen LogP contribution in [0.25, 0.3) is 11.1 Å². The summed E-state index contributed by atoms with van der Waals surface area (Å²) in [5, 5.41) is 21.7. The van der Waals surface area contributed by atoms with Crippen molar-refractivity contribution in [3.05, 3.63) is 82.9 Å². The molecule has 0 saturated heterocycles. The number of carbonyl (C=O) groups is 1. The Morgan fingerprint density at radius 2 is 1.56 bits per heavy atom. The molecule has 0 heterocycles. The molecule has 0 aliphatic rings. The van der Waals surface area contributed by atoms with Gasteiger partial charge in [0, 0.05) is 10.7 Å². The van der Waals surface area contributed by atoms with E-state index in [-0.39, 0.29) is 11.3 Å². The molecule has 0 bridgehead atoms. The summed E-state index contributed by atoms with van der Waals surface area (Å²) in [5.74, 6) is -0.584. The highest BCUT2D eigenvalue weighted by Gasteiger charge is 2.11. The van der Waals surface area contributed by atoms with Crippen molar-refractivity contribution in [2.75, 3.05) is 5.32 Å². The number of phenols is 1. The number of anilines is 1. The molecule has 1 amide bonds. The number of nitriles is 1. The van der Waals surface area contributed by atoms with E-state index in [9.17, 15) is 9.90 Å². The lowest BCUT2D eigenvalue weighted by molar-refractivity contribution is 0.102. The molecule has 3 aromatic rings. The molecule has 0 aliphatic heterocycles. The van der Waals surface area contributed by atoms with Crippen molar-refractivity contribution in [3.63, 3.8) is 0 Å². The lowest BCUT2D eigenvalue weighted by Crippen LogP contribution is -2.11. The molecule has 0 unspecified atom stereocenters. The highest BCUT2D eigenvalue weighted by molar-refractivity contribution is 6.31. The number of phenolic OH excluding ortho intramolecular Hbond substituents is 1. The summed E-state index contributed by atoms with van der Waals surface area (Å²) in [6.07, 6.45) is 0. The number of nitrogens with zero attached hydrogens (tertiary/aromatic N) is 1. The average Bonchev–Trinajstić information content (AvgIpc) is 2.62. The Balaban J connectivity index is 1.76. The zero-order chi connectivity index (χ0) is 17.8. The minimum atomic E-state index is -0.416. The maximum atomic E-state index is 12.2. The lowest BCUT2D eigenvalue weighted by Gasteiger charge is -2.08. The van der Waals surface area contributed by atoms with Gasteiger partial charge in [-0.1, -0.05) is 35.9 Å². The number of nitrogens with one attached hydrogen (secondary N) is 1. The van der Waals surface area contributed by atoms with Crippen molar-refractivity contribution < 1.29 is 9.90 Å². The summed E-state index contributed by atoms with van der Waals surface area (Å²) in [5.41, 5.74) is 3.32. The van der Waals surface area contributed by atoms with Gasteiger partial charge in [-0.2, -0.15) is 5.26 Å². The smallest absolute Gasteiger partial charge is 0.259 e. The molecule has 0 radical (unpaired) electrons. The van der Waals surface area contributed by atoms with Gasteiger partial charge in [-0.3, -0.25) is 4.79 Å². The second-order valence-corrected chi connectivity index (χ2v) is 5.82. The number of hydrogen-bond acceptors (Lipinski definition) is 3. The number of amides is 1. The number of carbonyl (C=O) groups excluding carboxylic acids is 1. The minimum absolute atomic E-state index is 0.153. The van der Waals surface area contributed by atoms with Crippen LogP contribution in [0.4, 0.5) is 5.69 Å². The van der Waals surface area contributed by atoms with Crippen LogP contribution in [0.5, 0.6) is 5.75 Å². The van der Waals surface area contributed by atoms with Crippen LogP contribution in [0.3, 0.4) is 0 Å². The first-order valence-corrected chi connectivity index (χ1v) is 7.85. The Hall–Kier alpha value is -3.29. The summed E-state index contributed by atoms with van der Waals surface area (Å²) >= 11 is 5.77. The lowest BCUT2D eigenvalue weighted by atomic mass is 10.0. The van der Waals surface area contributed by atoms with E-state index in [2.05, 4.69) is 11.4 Å². The fourth-order valence-corrected chi connectivity index (χ4v) is 2.54. The largest absolute Gasteiger partial charge is 0.507 e. The number of aromatic hydroxyl groups is 1. The van der Waals surface area contributed by atoms with Crippen molar-refractivity contribution in [1.82, 2.24) is 0 Å². The molecule has 3 aromatic carbocycles. The third kappa shape index (κ3) is 3.79. The number of hydrogen-bond donors (Lipinski definition) is 2. The van der Waals surface area contributed by atoms with Gasteiger partial charge in [0.1, 0.15) is 5.75 Å². The zero-order valence-electron chi connectivity index (χ0n) is 13.0. The molecule has 122 valence electrons. The van der Waals surface area contributed by atoms with E-state index < -0.39 is 5.91 Å². The molecule has 0 saturated carbocycles. The molecule has 0 aromatic heterocycles. The van der Waals surface area contributed by atoms with Gasteiger partial charge in [0.05, 0.1) is 17.2 Å². The first kappa shape index (κ1) is 16.6. The molecule has 0 aliphatic carbocycles. The van der Waals surface area contributed by atoms with Gasteiger partial charge in [-0.15, -0.1) is 0 Å². The maximum Gasteiger partial charge on any atom is 0.259 e. The normalized spacial score (nSPS) is 10.1. The fourth-order valence-electron chi connectivity index (χ4n) is 2.38. The van der Waals surface area contributed by atoms with Crippen LogP contribution in [0, 0.1) is 11.3 Å². The quantitative estimate of drug-likeness (QED) is 0.711. The van der Waals surface area contributed by atoms with Gasteiger partial charge in [0.2, 0.25) is 0 Å². The number of benzene rings is 3. The molecule has 4 nitrogen and oxygen atoms in total. The van der Waals surface area contributed by atoms with E-state index in [1.807, 2.05) is 24.3 Å². The number of rotatable bonds is 3. The summed E-state index contributed by atoms with van der Waals surface area (Å²) in [4.78, 5) is 12.2. The molecule has 0 fully saturated rings. The molecule has 0 atom stereocenters. The van der Waals surface area contributed by atoms with E-state index in [0.29, 0.717) is 16.3 Å². The molecular formula is C20H13ClN2O2. The average molecular weight is 349 g/mol. The van der Waals surface area contributed by atoms with Crippen LogP contribution in [0.1, 0.15) is 15.9 Å². The highest BCUT2D eigenvalue weighted by atomic mass is 35.5. The van der Waals surface area contributed by atoms with Crippen LogP contribution in [0.15, 0.2) is 66.7 Å². The van der Waals surface area contributed by atoms with Crippen LogP contribution >= 0.6 is 11.6 Å². The topological polar surface area (TPSA) is 73.1 Å². The summed E-state index contributed by atoms with van der Waals surface area (Å²) < 4.78 is 0. The van der Waals surface area contributed by atoms with Crippen molar-refractivity contribution in [3.8, 4) is 22.9 Å². The molecule has 2 N–H and O–H groups in total. The predicted octanol–water partition coefficient (Wildman–Crippen LogP) is 4.84. The van der Waals surface area contributed by atoms with Crippen LogP contribution in [-0.4, -0.2) is 11.0 Å². The van der Waals surface area contributed by atoms with Crippen molar-refractivity contribution >= 4 is 23.2 Å².